The minimum Gasteiger partial charge on any atom is -0.478 e. The minimum atomic E-state index is -1.23. The highest BCUT2D eigenvalue weighted by Gasteiger charge is 2.28. The lowest BCUT2D eigenvalue weighted by Crippen LogP contribution is -2.20. The summed E-state index contributed by atoms with van der Waals surface area (Å²) in [5.41, 5.74) is 1.82. The van der Waals surface area contributed by atoms with Crippen LogP contribution >= 0.6 is 11.3 Å². The quantitative estimate of drug-likeness (QED) is 0.410. The SMILES string of the molecule is CC(=N)C(C(C)=Nc1ccccc1)c1csc(NC(=O)c2cccc(F)c2)c1C(=O)O. The van der Waals surface area contributed by atoms with E-state index in [0.29, 0.717) is 17.0 Å². The number of rotatable bonds is 7. The van der Waals surface area contributed by atoms with Crippen molar-refractivity contribution in [2.24, 2.45) is 4.99 Å². The summed E-state index contributed by atoms with van der Waals surface area (Å²) < 4.78 is 13.4. The third-order valence-electron chi connectivity index (χ3n) is 4.57. The molecule has 0 spiro atoms. The number of nitrogens with one attached hydrogen (secondary N) is 2. The molecule has 1 heterocycles. The summed E-state index contributed by atoms with van der Waals surface area (Å²) >= 11 is 1.04. The molecule has 0 saturated heterocycles. The first-order valence-electron chi connectivity index (χ1n) is 9.34. The number of anilines is 1. The molecule has 3 N–H and O–H groups in total. The van der Waals surface area contributed by atoms with E-state index in [4.69, 9.17) is 5.41 Å². The zero-order valence-electron chi connectivity index (χ0n) is 16.8. The van der Waals surface area contributed by atoms with Gasteiger partial charge in [0.2, 0.25) is 0 Å². The van der Waals surface area contributed by atoms with Gasteiger partial charge in [0.05, 0.1) is 17.2 Å². The van der Waals surface area contributed by atoms with Crippen LogP contribution in [-0.4, -0.2) is 28.4 Å². The highest BCUT2D eigenvalue weighted by molar-refractivity contribution is 7.15. The Hall–Kier alpha value is -3.65. The Labute approximate surface area is 182 Å². The number of nitrogens with zero attached hydrogens (tertiary/aromatic N) is 1. The number of aromatic carboxylic acids is 1. The largest absolute Gasteiger partial charge is 0.478 e. The van der Waals surface area contributed by atoms with Crippen LogP contribution in [0.3, 0.4) is 0 Å². The second-order valence-electron chi connectivity index (χ2n) is 6.87. The average Bonchev–Trinajstić information content (AvgIpc) is 3.11. The molecule has 2 aromatic carbocycles. The normalized spacial score (nSPS) is 12.3. The van der Waals surface area contributed by atoms with Crippen molar-refractivity contribution in [1.82, 2.24) is 0 Å². The molecule has 0 saturated carbocycles. The van der Waals surface area contributed by atoms with Crippen molar-refractivity contribution in [2.45, 2.75) is 19.8 Å². The predicted octanol–water partition coefficient (Wildman–Crippen LogP) is 5.75. The van der Waals surface area contributed by atoms with Crippen molar-refractivity contribution >= 4 is 45.3 Å². The molecule has 31 heavy (non-hydrogen) atoms. The van der Waals surface area contributed by atoms with Crippen LogP contribution < -0.4 is 5.32 Å². The van der Waals surface area contributed by atoms with Gasteiger partial charge in [0.25, 0.3) is 5.91 Å². The molecule has 1 atom stereocenters. The summed E-state index contributed by atoms with van der Waals surface area (Å²) in [6, 6.07) is 14.3. The summed E-state index contributed by atoms with van der Waals surface area (Å²) in [5, 5.41) is 22.4. The number of aliphatic imine (C=N–C) groups is 1. The first-order valence-corrected chi connectivity index (χ1v) is 10.2. The second kappa shape index (κ2) is 9.44. The number of para-hydroxylation sites is 1. The number of carboxylic acid groups (broad SMARTS) is 1. The molecule has 0 aliphatic heterocycles. The number of hydrogen-bond acceptors (Lipinski definition) is 5. The third-order valence-corrected chi connectivity index (χ3v) is 5.48. The van der Waals surface area contributed by atoms with Gasteiger partial charge in [-0.05, 0) is 55.1 Å². The summed E-state index contributed by atoms with van der Waals surface area (Å²) in [6.07, 6.45) is 0. The van der Waals surface area contributed by atoms with Gasteiger partial charge in [-0.3, -0.25) is 9.79 Å². The van der Waals surface area contributed by atoms with Crippen molar-refractivity contribution in [3.05, 3.63) is 82.5 Å². The number of benzene rings is 2. The van der Waals surface area contributed by atoms with Gasteiger partial charge in [-0.1, -0.05) is 24.3 Å². The first kappa shape index (κ1) is 22.0. The molecule has 3 rings (SSSR count). The van der Waals surface area contributed by atoms with E-state index < -0.39 is 23.6 Å². The monoisotopic (exact) mass is 437 g/mol. The van der Waals surface area contributed by atoms with Crippen LogP contribution in [0, 0.1) is 11.2 Å². The molecular weight excluding hydrogens is 417 g/mol. The lowest BCUT2D eigenvalue weighted by Gasteiger charge is -2.16. The molecule has 1 aromatic heterocycles. The van der Waals surface area contributed by atoms with Crippen molar-refractivity contribution in [3.8, 4) is 0 Å². The van der Waals surface area contributed by atoms with E-state index in [0.717, 1.165) is 17.4 Å². The molecule has 0 aliphatic rings. The van der Waals surface area contributed by atoms with E-state index >= 15 is 0 Å². The van der Waals surface area contributed by atoms with Crippen LogP contribution in [0.5, 0.6) is 0 Å². The minimum absolute atomic E-state index is 0.0768. The lowest BCUT2D eigenvalue weighted by molar-refractivity contribution is 0.0697. The zero-order chi connectivity index (χ0) is 22.5. The second-order valence-corrected chi connectivity index (χ2v) is 7.75. The van der Waals surface area contributed by atoms with Gasteiger partial charge >= 0.3 is 5.97 Å². The number of thiophene rings is 1. The maximum absolute atomic E-state index is 13.4. The van der Waals surface area contributed by atoms with Crippen molar-refractivity contribution in [3.63, 3.8) is 0 Å². The van der Waals surface area contributed by atoms with Crippen molar-refractivity contribution in [2.75, 3.05) is 5.32 Å². The number of halogens is 1. The highest BCUT2D eigenvalue weighted by atomic mass is 32.1. The molecule has 8 heteroatoms. The molecule has 6 nitrogen and oxygen atoms in total. The Morgan fingerprint density at radius 1 is 1.13 bits per heavy atom. The van der Waals surface area contributed by atoms with Crippen LogP contribution in [-0.2, 0) is 0 Å². The van der Waals surface area contributed by atoms with E-state index in [9.17, 15) is 19.1 Å². The number of amides is 1. The van der Waals surface area contributed by atoms with Gasteiger partial charge in [-0.2, -0.15) is 0 Å². The first-order chi connectivity index (χ1) is 14.8. The number of carbonyl (C=O) groups excluding carboxylic acids is 1. The summed E-state index contributed by atoms with van der Waals surface area (Å²) in [7, 11) is 0. The fourth-order valence-electron chi connectivity index (χ4n) is 3.24. The molecule has 0 bridgehead atoms. The van der Waals surface area contributed by atoms with Crippen LogP contribution in [0.1, 0.15) is 46.0 Å². The molecule has 1 amide bonds. The number of carboxylic acids is 1. The molecule has 0 radical (unpaired) electrons. The Bertz CT molecular complexity index is 1170. The summed E-state index contributed by atoms with van der Waals surface area (Å²) in [6.45, 7) is 3.33. The van der Waals surface area contributed by atoms with Crippen molar-refractivity contribution < 1.29 is 19.1 Å². The fourth-order valence-corrected chi connectivity index (χ4v) is 4.22. The Kier molecular flexibility index (Phi) is 6.71. The van der Waals surface area contributed by atoms with Crippen LogP contribution in [0.2, 0.25) is 0 Å². The van der Waals surface area contributed by atoms with Crippen LogP contribution in [0.4, 0.5) is 15.1 Å². The molecule has 3 aromatic rings. The molecule has 0 fully saturated rings. The van der Waals surface area contributed by atoms with Crippen LogP contribution in [0.15, 0.2) is 65.0 Å². The molecular formula is C23H20FN3O3S. The number of carbonyl (C=O) groups is 2. The van der Waals surface area contributed by atoms with E-state index in [1.54, 1.807) is 19.2 Å². The van der Waals surface area contributed by atoms with E-state index in [2.05, 4.69) is 10.3 Å². The third kappa shape index (κ3) is 5.10. The zero-order valence-corrected chi connectivity index (χ0v) is 17.7. The average molecular weight is 437 g/mol. The molecule has 0 aliphatic carbocycles. The molecule has 158 valence electrons. The standard InChI is InChI=1S/C23H20FN3O3S/c1-13(25)19(14(2)26-17-9-4-3-5-10-17)18-12-31-22(20(18)23(29)30)27-21(28)15-7-6-8-16(24)11-15/h3-12,19,25H,1-2H3,(H,27,28)(H,29,30). The van der Waals surface area contributed by atoms with E-state index in [1.807, 2.05) is 30.3 Å². The maximum atomic E-state index is 13.4. The van der Waals surface area contributed by atoms with E-state index in [-0.39, 0.29) is 21.8 Å². The van der Waals surface area contributed by atoms with Gasteiger partial charge < -0.3 is 15.8 Å². The van der Waals surface area contributed by atoms with E-state index in [1.165, 1.54) is 18.2 Å². The lowest BCUT2D eigenvalue weighted by atomic mass is 9.89. The van der Waals surface area contributed by atoms with Gasteiger partial charge in [0.1, 0.15) is 10.8 Å². The van der Waals surface area contributed by atoms with Gasteiger partial charge in [0, 0.05) is 17.0 Å². The van der Waals surface area contributed by atoms with Crippen molar-refractivity contribution in [1.29, 1.82) is 5.41 Å². The number of hydrogen-bond donors (Lipinski definition) is 3. The van der Waals surface area contributed by atoms with Gasteiger partial charge in [-0.25, -0.2) is 9.18 Å². The van der Waals surface area contributed by atoms with Gasteiger partial charge in [0.15, 0.2) is 0 Å². The fraction of sp³-hybridized carbons (Fsp3) is 0.130. The van der Waals surface area contributed by atoms with Crippen LogP contribution in [0.25, 0.3) is 0 Å². The smallest absolute Gasteiger partial charge is 0.339 e. The predicted molar refractivity (Wildman–Crippen MR) is 121 cm³/mol. The summed E-state index contributed by atoms with van der Waals surface area (Å²) in [4.78, 5) is 29.1. The molecule has 1 unspecified atom stereocenters. The Morgan fingerprint density at radius 3 is 2.45 bits per heavy atom. The Balaban J connectivity index is 1.99. The van der Waals surface area contributed by atoms with Gasteiger partial charge in [-0.15, -0.1) is 11.3 Å². The highest BCUT2D eigenvalue weighted by Crippen LogP contribution is 2.35. The maximum Gasteiger partial charge on any atom is 0.339 e. The Morgan fingerprint density at radius 2 is 1.84 bits per heavy atom. The summed E-state index contributed by atoms with van der Waals surface area (Å²) in [5.74, 6) is -3.08. The topological polar surface area (TPSA) is 103 Å².